The van der Waals surface area contributed by atoms with Crippen LogP contribution in [-0.2, 0) is 0 Å². The van der Waals surface area contributed by atoms with Gasteiger partial charge in [0.25, 0.3) is 0 Å². The number of allylic oxidation sites excluding steroid dienone is 1. The van der Waals surface area contributed by atoms with Gasteiger partial charge >= 0.3 is 5.97 Å². The quantitative estimate of drug-likeness (QED) is 0.853. The lowest BCUT2D eigenvalue weighted by molar-refractivity contribution is 0.0702. The molecule has 2 nitrogen and oxygen atoms in total. The summed E-state index contributed by atoms with van der Waals surface area (Å²) in [6, 6.07) is 1.71. The summed E-state index contributed by atoms with van der Waals surface area (Å²) in [6.45, 7) is 1.93. The fraction of sp³-hybridized carbons (Fsp3) is 0.300. The summed E-state index contributed by atoms with van der Waals surface area (Å²) in [5.41, 5.74) is 1.03. The number of aryl methyl sites for hydroxylation is 1. The average molecular weight is 275 g/mol. The van der Waals surface area contributed by atoms with Gasteiger partial charge in [-0.3, -0.25) is 0 Å². The molecule has 0 aliphatic heterocycles. The summed E-state index contributed by atoms with van der Waals surface area (Å²) >= 11 is 4.64. The Kier molecular flexibility index (Phi) is 4.35. The fourth-order valence-corrected chi connectivity index (χ4v) is 2.23. The molecule has 0 spiro atoms. The molecule has 0 radical (unpaired) electrons. The van der Waals surface area contributed by atoms with E-state index >= 15 is 0 Å². The Morgan fingerprint density at radius 1 is 1.71 bits per heavy atom. The lowest BCUT2D eigenvalue weighted by Crippen LogP contribution is -1.89. The van der Waals surface area contributed by atoms with Gasteiger partial charge in [0.2, 0.25) is 0 Å². The Balaban J connectivity index is 2.82. The fourth-order valence-electron chi connectivity index (χ4n) is 1.02. The van der Waals surface area contributed by atoms with Crippen molar-refractivity contribution in [2.24, 2.45) is 0 Å². The van der Waals surface area contributed by atoms with Crippen LogP contribution in [0.5, 0.6) is 0 Å². The van der Waals surface area contributed by atoms with Crippen molar-refractivity contribution in [1.29, 1.82) is 0 Å². The summed E-state index contributed by atoms with van der Waals surface area (Å²) in [6.07, 6.45) is 4.98. The smallest absolute Gasteiger partial charge is 0.345 e. The van der Waals surface area contributed by atoms with Crippen molar-refractivity contribution in [3.63, 3.8) is 0 Å². The van der Waals surface area contributed by atoms with Crippen LogP contribution >= 0.6 is 27.3 Å². The maximum atomic E-state index is 10.7. The van der Waals surface area contributed by atoms with E-state index in [9.17, 15) is 4.79 Å². The molecule has 1 N–H and O–H groups in total. The third kappa shape index (κ3) is 2.96. The lowest BCUT2D eigenvalue weighted by atomic mass is 10.2. The van der Waals surface area contributed by atoms with Crippen molar-refractivity contribution in [3.8, 4) is 0 Å². The number of hydrogen-bond acceptors (Lipinski definition) is 2. The Labute approximate surface area is 95.4 Å². The first-order chi connectivity index (χ1) is 6.65. The number of alkyl halides is 1. The Morgan fingerprint density at radius 3 is 2.93 bits per heavy atom. The van der Waals surface area contributed by atoms with Crippen LogP contribution in [0.25, 0.3) is 6.08 Å². The highest BCUT2D eigenvalue weighted by Crippen LogP contribution is 2.23. The monoisotopic (exact) mass is 274 g/mol. The van der Waals surface area contributed by atoms with Gasteiger partial charge in [0.05, 0.1) is 0 Å². The van der Waals surface area contributed by atoms with Crippen LogP contribution < -0.4 is 0 Å². The predicted molar refractivity (Wildman–Crippen MR) is 63.5 cm³/mol. The van der Waals surface area contributed by atoms with Gasteiger partial charge in [-0.1, -0.05) is 22.0 Å². The minimum Gasteiger partial charge on any atom is -0.477 e. The Bertz CT molecular complexity index is 355. The third-order valence-electron chi connectivity index (χ3n) is 1.71. The van der Waals surface area contributed by atoms with E-state index in [0.717, 1.165) is 22.2 Å². The van der Waals surface area contributed by atoms with Crippen LogP contribution in [0.2, 0.25) is 0 Å². The van der Waals surface area contributed by atoms with Gasteiger partial charge in [0, 0.05) is 10.2 Å². The molecule has 0 bridgehead atoms. The van der Waals surface area contributed by atoms with Crippen LogP contribution in [0.3, 0.4) is 0 Å². The van der Waals surface area contributed by atoms with Crippen molar-refractivity contribution in [1.82, 2.24) is 0 Å². The number of carboxylic acid groups (broad SMARTS) is 1. The normalized spacial score (nSPS) is 11.0. The van der Waals surface area contributed by atoms with Crippen molar-refractivity contribution >= 4 is 39.3 Å². The number of carboxylic acids is 1. The van der Waals surface area contributed by atoms with Crippen LogP contribution in [0.1, 0.15) is 26.5 Å². The summed E-state index contributed by atoms with van der Waals surface area (Å²) in [5, 5.41) is 9.70. The molecule has 4 heteroatoms. The molecule has 0 unspecified atom stereocenters. The molecule has 14 heavy (non-hydrogen) atoms. The molecule has 0 fully saturated rings. The topological polar surface area (TPSA) is 37.3 Å². The van der Waals surface area contributed by atoms with Crippen LogP contribution in [0.15, 0.2) is 12.1 Å². The van der Waals surface area contributed by atoms with E-state index in [2.05, 4.69) is 15.9 Å². The first-order valence-electron chi connectivity index (χ1n) is 4.21. The zero-order chi connectivity index (χ0) is 10.6. The lowest BCUT2D eigenvalue weighted by Gasteiger charge is -1.87. The van der Waals surface area contributed by atoms with Crippen molar-refractivity contribution in [2.75, 3.05) is 5.33 Å². The maximum Gasteiger partial charge on any atom is 0.345 e. The van der Waals surface area contributed by atoms with E-state index in [-0.39, 0.29) is 0 Å². The maximum absolute atomic E-state index is 10.7. The molecule has 1 rings (SSSR count). The molecule has 1 heterocycles. The molecular weight excluding hydrogens is 264 g/mol. The zero-order valence-electron chi connectivity index (χ0n) is 7.79. The largest absolute Gasteiger partial charge is 0.477 e. The number of hydrogen-bond donors (Lipinski definition) is 1. The molecule has 0 aliphatic carbocycles. The Morgan fingerprint density at radius 2 is 2.43 bits per heavy atom. The van der Waals surface area contributed by atoms with E-state index in [1.165, 1.54) is 11.3 Å². The number of aromatic carboxylic acids is 1. The second-order valence-corrected chi connectivity index (χ2v) is 4.72. The summed E-state index contributed by atoms with van der Waals surface area (Å²) in [5.74, 6) is -0.849. The summed E-state index contributed by atoms with van der Waals surface area (Å²) in [7, 11) is 0. The molecule has 1 aromatic heterocycles. The van der Waals surface area contributed by atoms with Gasteiger partial charge in [0.1, 0.15) is 4.88 Å². The first-order valence-corrected chi connectivity index (χ1v) is 6.15. The van der Waals surface area contributed by atoms with Crippen LogP contribution in [0.4, 0.5) is 0 Å². The standard InChI is InChI=1S/C10H11BrO2S/c1-7-6-9(10(12)13)14-8(7)4-2-3-5-11/h2,4,6H,3,5H2,1H3,(H,12,13). The molecule has 0 atom stereocenters. The van der Waals surface area contributed by atoms with Crippen molar-refractivity contribution in [2.45, 2.75) is 13.3 Å². The van der Waals surface area contributed by atoms with E-state index in [1.807, 2.05) is 19.1 Å². The molecule has 76 valence electrons. The van der Waals surface area contributed by atoms with E-state index in [4.69, 9.17) is 5.11 Å². The van der Waals surface area contributed by atoms with Crippen LogP contribution in [0, 0.1) is 6.92 Å². The van der Waals surface area contributed by atoms with E-state index in [1.54, 1.807) is 6.07 Å². The van der Waals surface area contributed by atoms with Crippen LogP contribution in [-0.4, -0.2) is 16.4 Å². The third-order valence-corrected chi connectivity index (χ3v) is 3.36. The number of halogens is 1. The Hall–Kier alpha value is -0.610. The predicted octanol–water partition coefficient (Wildman–Crippen LogP) is 3.55. The minimum atomic E-state index is -0.849. The van der Waals surface area contributed by atoms with Gasteiger partial charge in [-0.25, -0.2) is 4.79 Å². The highest BCUT2D eigenvalue weighted by Gasteiger charge is 2.08. The average Bonchev–Trinajstić information content (AvgIpc) is 2.49. The molecule has 0 amide bonds. The molecule has 1 aromatic rings. The molecule has 0 saturated carbocycles. The second-order valence-electron chi connectivity index (χ2n) is 2.84. The molecule has 0 aliphatic rings. The van der Waals surface area contributed by atoms with E-state index in [0.29, 0.717) is 4.88 Å². The molecule has 0 saturated heterocycles. The number of thiophene rings is 1. The minimum absolute atomic E-state index is 0.404. The zero-order valence-corrected chi connectivity index (χ0v) is 10.2. The number of carbonyl (C=O) groups is 1. The SMILES string of the molecule is Cc1cc(C(=O)O)sc1C=CCCBr. The summed E-state index contributed by atoms with van der Waals surface area (Å²) < 4.78 is 0. The highest BCUT2D eigenvalue weighted by molar-refractivity contribution is 9.09. The highest BCUT2D eigenvalue weighted by atomic mass is 79.9. The van der Waals surface area contributed by atoms with Gasteiger partial charge in [0.15, 0.2) is 0 Å². The molecular formula is C10H11BrO2S. The summed E-state index contributed by atoms with van der Waals surface area (Å²) in [4.78, 5) is 12.1. The van der Waals surface area contributed by atoms with Gasteiger partial charge in [-0.15, -0.1) is 11.3 Å². The van der Waals surface area contributed by atoms with E-state index < -0.39 is 5.97 Å². The van der Waals surface area contributed by atoms with Gasteiger partial charge in [-0.05, 0) is 31.1 Å². The molecule has 0 aromatic carbocycles. The van der Waals surface area contributed by atoms with Crippen molar-refractivity contribution in [3.05, 3.63) is 27.5 Å². The van der Waals surface area contributed by atoms with Gasteiger partial charge < -0.3 is 5.11 Å². The number of rotatable bonds is 4. The first kappa shape index (κ1) is 11.5. The van der Waals surface area contributed by atoms with Gasteiger partial charge in [-0.2, -0.15) is 0 Å². The second kappa shape index (κ2) is 5.32. The van der Waals surface area contributed by atoms with Crippen molar-refractivity contribution < 1.29 is 9.90 Å².